The largest absolute Gasteiger partial charge is 3.00 e. The molecule has 0 heterocycles. The molecule has 0 aliphatic carbocycles. The summed E-state index contributed by atoms with van der Waals surface area (Å²) in [4.78, 5) is 29.9. The molecule has 16 heteroatoms. The Labute approximate surface area is 146 Å². The average molecular weight is 497 g/mol. The van der Waals surface area contributed by atoms with Crippen LogP contribution in [0.15, 0.2) is 0 Å². The van der Waals surface area contributed by atoms with E-state index in [2.05, 4.69) is 27.1 Å². The Hall–Kier alpha value is 1.15. The van der Waals surface area contributed by atoms with Crippen molar-refractivity contribution in [1.82, 2.24) is 0 Å². The Bertz CT molecular complexity index is 308. The van der Waals surface area contributed by atoms with E-state index in [0.717, 1.165) is 42.7 Å². The second-order valence-electron chi connectivity index (χ2n) is 2.44. The van der Waals surface area contributed by atoms with Gasteiger partial charge in [-0.1, -0.05) is 0 Å². The summed E-state index contributed by atoms with van der Waals surface area (Å²) in [7, 11) is -5.48. The molecule has 0 aromatic heterocycles. The molecule has 0 unspecified atom stereocenters. The first kappa shape index (κ1) is 31.0. The van der Waals surface area contributed by atoms with Gasteiger partial charge in [0.05, 0.1) is 0 Å². The minimum absolute atomic E-state index is 0. The summed E-state index contributed by atoms with van der Waals surface area (Å²) < 4.78 is 53.0. The van der Waals surface area contributed by atoms with Crippen LogP contribution in [0.2, 0.25) is 0 Å². The third-order valence-corrected chi connectivity index (χ3v) is 4.02. The van der Waals surface area contributed by atoms with Crippen molar-refractivity contribution in [3.8, 4) is 0 Å². The Balaban J connectivity index is -0.000000108. The molecule has 12 nitrogen and oxygen atoms in total. The molecule has 0 atom stereocenters. The van der Waals surface area contributed by atoms with Crippen LogP contribution in [0.4, 0.5) is 0 Å². The molecule has 0 saturated carbocycles. The molecule has 22 heavy (non-hydrogen) atoms. The van der Waals surface area contributed by atoms with Crippen molar-refractivity contribution in [3.05, 3.63) is 0 Å². The van der Waals surface area contributed by atoms with Crippen LogP contribution in [0, 0.1) is 0 Å². The topological polar surface area (TPSA) is 176 Å². The standard InChI is InChI=1S/3C2H7O4P.Sb/c3*1-5-7(3,4)6-2;/h3*1-2H3,(H,3,4);/q;;;+3/p-3. The monoisotopic (exact) mass is 496 g/mol. The van der Waals surface area contributed by atoms with Gasteiger partial charge in [-0.3, -0.25) is 13.7 Å². The van der Waals surface area contributed by atoms with Gasteiger partial charge in [-0.05, 0) is 0 Å². The van der Waals surface area contributed by atoms with Crippen molar-refractivity contribution >= 4 is 47.9 Å². The summed E-state index contributed by atoms with van der Waals surface area (Å²) in [6, 6.07) is 0. The van der Waals surface area contributed by atoms with Gasteiger partial charge < -0.3 is 41.8 Å². The van der Waals surface area contributed by atoms with E-state index in [0.29, 0.717) is 0 Å². The van der Waals surface area contributed by atoms with E-state index < -0.39 is 23.5 Å². The maximum absolute atomic E-state index is 9.95. The van der Waals surface area contributed by atoms with E-state index in [9.17, 15) is 28.4 Å². The normalized spacial score (nSPS) is 11.3. The van der Waals surface area contributed by atoms with Crippen molar-refractivity contribution in [2.75, 3.05) is 42.7 Å². The predicted octanol–water partition coefficient (Wildman–Crippen LogP) is -1.14. The molecule has 0 rings (SSSR count). The van der Waals surface area contributed by atoms with Crippen molar-refractivity contribution in [2.45, 2.75) is 0 Å². The SMILES string of the molecule is COP(=O)([O-])OC.COP(=O)([O-])OC.COP(=O)([O-])OC.[Sb+3]. The number of hydrogen-bond acceptors (Lipinski definition) is 12. The first-order chi connectivity index (χ1) is 9.36. The molecule has 0 aliphatic heterocycles. The van der Waals surface area contributed by atoms with Crippen LogP contribution in [-0.2, 0) is 40.8 Å². The first-order valence-electron chi connectivity index (χ1n) is 4.64. The van der Waals surface area contributed by atoms with Crippen LogP contribution in [0.25, 0.3) is 0 Å². The maximum atomic E-state index is 9.95. The average Bonchev–Trinajstić information content (AvgIpc) is 2.48. The molecular weight excluding hydrogens is 479 g/mol. The number of hydrogen-bond donors (Lipinski definition) is 0. The molecule has 0 bridgehead atoms. The van der Waals surface area contributed by atoms with Crippen molar-refractivity contribution in [3.63, 3.8) is 0 Å². The molecule has 0 aromatic rings. The van der Waals surface area contributed by atoms with Crippen molar-refractivity contribution in [1.29, 1.82) is 0 Å². The first-order valence-corrected chi connectivity index (χ1v) is 9.02. The number of phosphoric acid groups is 3. The van der Waals surface area contributed by atoms with E-state index in [-0.39, 0.29) is 24.4 Å². The van der Waals surface area contributed by atoms with Gasteiger partial charge in [-0.2, -0.15) is 0 Å². The van der Waals surface area contributed by atoms with E-state index in [1.807, 2.05) is 0 Å². The molecule has 0 N–H and O–H groups in total. The Morgan fingerprint density at radius 2 is 0.591 bits per heavy atom. The van der Waals surface area contributed by atoms with Crippen LogP contribution < -0.4 is 14.7 Å². The van der Waals surface area contributed by atoms with Crippen molar-refractivity contribution < 1.29 is 55.5 Å². The molecule has 0 aliphatic rings. The van der Waals surface area contributed by atoms with Gasteiger partial charge in [0.1, 0.15) is 0 Å². The number of rotatable bonds is 6. The van der Waals surface area contributed by atoms with E-state index in [4.69, 9.17) is 0 Å². The molecule has 0 aromatic carbocycles. The van der Waals surface area contributed by atoms with Gasteiger partial charge in [0.2, 0.25) is 0 Å². The van der Waals surface area contributed by atoms with Gasteiger partial charge in [-0.15, -0.1) is 0 Å². The summed E-state index contributed by atoms with van der Waals surface area (Å²) >= 11 is 0. The zero-order chi connectivity index (χ0) is 17.7. The second-order valence-corrected chi connectivity index (χ2v) is 7.31. The Morgan fingerprint density at radius 1 is 0.500 bits per heavy atom. The summed E-state index contributed by atoms with van der Waals surface area (Å²) in [5.74, 6) is 0. The van der Waals surface area contributed by atoms with Gasteiger partial charge >= 0.3 is 24.4 Å². The molecule has 0 saturated heterocycles. The third-order valence-electron chi connectivity index (χ3n) is 1.34. The number of phosphoric ester groups is 3. The fraction of sp³-hybridized carbons (Fsp3) is 1.00. The van der Waals surface area contributed by atoms with E-state index in [1.165, 1.54) is 0 Å². The van der Waals surface area contributed by atoms with E-state index >= 15 is 0 Å². The van der Waals surface area contributed by atoms with Gasteiger partial charge in [0.25, 0.3) is 23.5 Å². The smallest absolute Gasteiger partial charge is 0.756 e. The van der Waals surface area contributed by atoms with Crippen LogP contribution in [0.1, 0.15) is 0 Å². The fourth-order valence-electron chi connectivity index (χ4n) is 0.224. The second kappa shape index (κ2) is 15.7. The molecular formula is C6H18O12P3Sb. The van der Waals surface area contributed by atoms with Crippen molar-refractivity contribution in [2.24, 2.45) is 0 Å². The molecule has 2 radical (unpaired) electrons. The van der Waals surface area contributed by atoms with Crippen LogP contribution in [0.5, 0.6) is 0 Å². The van der Waals surface area contributed by atoms with Gasteiger partial charge in [-0.25, -0.2) is 0 Å². The molecule has 0 fully saturated rings. The maximum Gasteiger partial charge on any atom is 3.00 e. The Morgan fingerprint density at radius 3 is 0.591 bits per heavy atom. The minimum atomic E-state index is -3.90. The zero-order valence-electron chi connectivity index (χ0n) is 12.7. The minimum Gasteiger partial charge on any atom is -0.756 e. The fourth-order valence-corrected chi connectivity index (χ4v) is 0.671. The summed E-state index contributed by atoms with van der Waals surface area (Å²) in [5, 5.41) is 0. The quantitative estimate of drug-likeness (QED) is 0.319. The van der Waals surface area contributed by atoms with Crippen LogP contribution >= 0.6 is 23.5 Å². The van der Waals surface area contributed by atoms with Gasteiger partial charge in [0.15, 0.2) is 0 Å². The van der Waals surface area contributed by atoms with Gasteiger partial charge in [0, 0.05) is 42.7 Å². The molecule has 134 valence electrons. The molecule has 0 spiro atoms. The zero-order valence-corrected chi connectivity index (χ0v) is 17.9. The van der Waals surface area contributed by atoms with Crippen LogP contribution in [0.3, 0.4) is 0 Å². The third kappa shape index (κ3) is 23.4. The van der Waals surface area contributed by atoms with E-state index in [1.54, 1.807) is 0 Å². The predicted molar refractivity (Wildman–Crippen MR) is 70.6 cm³/mol. The molecule has 0 amide bonds. The Kier molecular flexibility index (Phi) is 22.0. The summed E-state index contributed by atoms with van der Waals surface area (Å²) in [6.07, 6.45) is 0. The summed E-state index contributed by atoms with van der Waals surface area (Å²) in [5.41, 5.74) is 0. The summed E-state index contributed by atoms with van der Waals surface area (Å²) in [6.45, 7) is 0. The van der Waals surface area contributed by atoms with Crippen LogP contribution in [-0.4, -0.2) is 67.1 Å².